The van der Waals surface area contributed by atoms with Gasteiger partial charge in [0.1, 0.15) is 4.88 Å². The lowest BCUT2D eigenvalue weighted by Gasteiger charge is -2.24. The third kappa shape index (κ3) is 2.54. The topological polar surface area (TPSA) is 83.4 Å². The Kier molecular flexibility index (Phi) is 3.82. The largest absolute Gasteiger partial charge is 0.481 e. The van der Waals surface area contributed by atoms with Gasteiger partial charge in [0.25, 0.3) is 5.91 Å². The first-order chi connectivity index (χ1) is 9.23. The summed E-state index contributed by atoms with van der Waals surface area (Å²) >= 11 is 1.08. The second-order valence-corrected chi connectivity index (χ2v) is 6.93. The normalized spacial score (nSPS) is 23.1. The lowest BCUT2D eigenvalue weighted by atomic mass is 9.91. The highest BCUT2D eigenvalue weighted by molar-refractivity contribution is 7.08. The summed E-state index contributed by atoms with van der Waals surface area (Å²) in [4.78, 5) is 25.9. The van der Waals surface area contributed by atoms with Crippen LogP contribution in [0.2, 0.25) is 0 Å². The molecule has 1 saturated heterocycles. The van der Waals surface area contributed by atoms with Gasteiger partial charge in [-0.05, 0) is 24.9 Å². The van der Waals surface area contributed by atoms with Crippen molar-refractivity contribution in [3.05, 3.63) is 10.6 Å². The van der Waals surface area contributed by atoms with Crippen LogP contribution in [0.3, 0.4) is 0 Å². The first-order valence-electron chi connectivity index (χ1n) is 6.60. The number of aromatic nitrogens is 2. The zero-order valence-corrected chi connectivity index (χ0v) is 12.9. The van der Waals surface area contributed by atoms with Gasteiger partial charge in [-0.2, -0.15) is 0 Å². The number of amides is 1. The molecule has 2 unspecified atom stereocenters. The molecule has 20 heavy (non-hydrogen) atoms. The number of hydrogen-bond acceptors (Lipinski definition) is 5. The maximum Gasteiger partial charge on any atom is 0.308 e. The molecule has 0 bridgehead atoms. The molecule has 0 aromatic carbocycles. The van der Waals surface area contributed by atoms with E-state index in [9.17, 15) is 9.59 Å². The third-order valence-corrected chi connectivity index (χ3v) is 4.44. The van der Waals surface area contributed by atoms with E-state index in [2.05, 4.69) is 9.59 Å². The number of rotatable bonds is 2. The average molecular weight is 297 g/mol. The first kappa shape index (κ1) is 14.9. The zero-order chi connectivity index (χ0) is 15.1. The Bertz CT molecular complexity index is 535. The van der Waals surface area contributed by atoms with Crippen LogP contribution in [0.5, 0.6) is 0 Å². The first-order valence-corrected chi connectivity index (χ1v) is 7.37. The van der Waals surface area contributed by atoms with Crippen molar-refractivity contribution in [2.75, 3.05) is 6.54 Å². The van der Waals surface area contributed by atoms with E-state index in [0.29, 0.717) is 23.5 Å². The maximum absolute atomic E-state index is 12.6. The third-order valence-electron chi connectivity index (χ3n) is 3.73. The molecule has 110 valence electrons. The molecule has 1 aromatic heterocycles. The molecule has 1 amide bonds. The lowest BCUT2D eigenvalue weighted by molar-refractivity contribution is -0.142. The Hall–Kier alpha value is -1.50. The van der Waals surface area contributed by atoms with Crippen LogP contribution in [0, 0.1) is 5.92 Å². The minimum Gasteiger partial charge on any atom is -0.481 e. The molecule has 0 aliphatic carbocycles. The van der Waals surface area contributed by atoms with Crippen molar-refractivity contribution < 1.29 is 14.7 Å². The summed E-state index contributed by atoms with van der Waals surface area (Å²) in [6, 6.07) is -0.296. The fourth-order valence-electron chi connectivity index (χ4n) is 2.51. The van der Waals surface area contributed by atoms with Gasteiger partial charge in [-0.15, -0.1) is 5.10 Å². The molecule has 1 fully saturated rings. The van der Waals surface area contributed by atoms with Crippen molar-refractivity contribution in [1.82, 2.24) is 14.5 Å². The molecule has 2 rings (SSSR count). The molecule has 0 saturated carbocycles. The molecule has 1 aliphatic heterocycles. The monoisotopic (exact) mass is 297 g/mol. The molecular weight excluding hydrogens is 278 g/mol. The number of likely N-dealkylation sites (tertiary alicyclic amines) is 1. The summed E-state index contributed by atoms with van der Waals surface area (Å²) in [5, 5.41) is 13.2. The van der Waals surface area contributed by atoms with Gasteiger partial charge in [0, 0.05) is 18.0 Å². The highest BCUT2D eigenvalue weighted by Gasteiger charge is 2.40. The van der Waals surface area contributed by atoms with E-state index in [4.69, 9.17) is 5.11 Å². The standard InChI is InChI=1S/C13H19N3O3S/c1-7-8(12(18)19)5-6-16(7)11(17)9-10(13(2,3)4)14-15-20-9/h7-8H,5-6H2,1-4H3,(H,18,19). The fraction of sp³-hybridized carbons (Fsp3) is 0.692. The molecule has 1 aliphatic rings. The highest BCUT2D eigenvalue weighted by atomic mass is 32.1. The van der Waals surface area contributed by atoms with Gasteiger partial charge in [0.15, 0.2) is 0 Å². The van der Waals surface area contributed by atoms with Gasteiger partial charge >= 0.3 is 5.97 Å². The number of nitrogens with zero attached hydrogens (tertiary/aromatic N) is 3. The van der Waals surface area contributed by atoms with Crippen LogP contribution in [-0.2, 0) is 10.2 Å². The summed E-state index contributed by atoms with van der Waals surface area (Å²) in [6.45, 7) is 8.20. The quantitative estimate of drug-likeness (QED) is 0.899. The maximum atomic E-state index is 12.6. The van der Waals surface area contributed by atoms with Crippen LogP contribution in [-0.4, -0.2) is 44.1 Å². The van der Waals surface area contributed by atoms with Gasteiger partial charge in [-0.3, -0.25) is 9.59 Å². The SMILES string of the molecule is CC1C(C(=O)O)CCN1C(=O)c1snnc1C(C)(C)C. The van der Waals surface area contributed by atoms with Crippen molar-refractivity contribution in [3.8, 4) is 0 Å². The van der Waals surface area contributed by atoms with Crippen molar-refractivity contribution in [2.24, 2.45) is 5.92 Å². The van der Waals surface area contributed by atoms with E-state index in [0.717, 1.165) is 11.5 Å². The van der Waals surface area contributed by atoms with Crippen molar-refractivity contribution >= 4 is 23.4 Å². The number of aliphatic carboxylic acids is 1. The minimum absolute atomic E-state index is 0.152. The highest BCUT2D eigenvalue weighted by Crippen LogP contribution is 2.31. The van der Waals surface area contributed by atoms with Crippen LogP contribution in [0.25, 0.3) is 0 Å². The van der Waals surface area contributed by atoms with Gasteiger partial charge in [0.2, 0.25) is 0 Å². The average Bonchev–Trinajstić information content (AvgIpc) is 2.92. The van der Waals surface area contributed by atoms with E-state index in [1.54, 1.807) is 11.8 Å². The summed E-state index contributed by atoms with van der Waals surface area (Å²) in [6.07, 6.45) is 0.499. The van der Waals surface area contributed by atoms with Gasteiger partial charge < -0.3 is 10.0 Å². The Morgan fingerprint density at radius 1 is 1.40 bits per heavy atom. The Morgan fingerprint density at radius 3 is 2.55 bits per heavy atom. The number of carbonyl (C=O) groups is 2. The van der Waals surface area contributed by atoms with Crippen LogP contribution in [0.1, 0.15) is 49.5 Å². The van der Waals surface area contributed by atoms with E-state index < -0.39 is 11.9 Å². The molecule has 2 heterocycles. The van der Waals surface area contributed by atoms with E-state index in [-0.39, 0.29) is 17.4 Å². The van der Waals surface area contributed by atoms with Gasteiger partial charge in [-0.1, -0.05) is 25.3 Å². The second kappa shape index (κ2) is 5.12. The summed E-state index contributed by atoms with van der Waals surface area (Å²) < 4.78 is 3.89. The Labute approximate surface area is 122 Å². The smallest absolute Gasteiger partial charge is 0.308 e. The lowest BCUT2D eigenvalue weighted by Crippen LogP contribution is -2.38. The summed E-state index contributed by atoms with van der Waals surface area (Å²) in [5.41, 5.74) is 0.422. The molecule has 7 heteroatoms. The summed E-state index contributed by atoms with van der Waals surface area (Å²) in [7, 11) is 0. The minimum atomic E-state index is -0.841. The molecule has 1 aromatic rings. The Morgan fingerprint density at radius 2 is 2.05 bits per heavy atom. The molecule has 6 nitrogen and oxygen atoms in total. The van der Waals surface area contributed by atoms with E-state index in [1.165, 1.54) is 0 Å². The molecule has 1 N–H and O–H groups in total. The molecular formula is C13H19N3O3S. The van der Waals surface area contributed by atoms with Crippen LogP contribution in [0.4, 0.5) is 0 Å². The van der Waals surface area contributed by atoms with E-state index in [1.807, 2.05) is 20.8 Å². The number of carbonyl (C=O) groups excluding carboxylic acids is 1. The predicted molar refractivity (Wildman–Crippen MR) is 74.9 cm³/mol. The van der Waals surface area contributed by atoms with Gasteiger partial charge in [0.05, 0.1) is 11.6 Å². The molecule has 0 spiro atoms. The Balaban J connectivity index is 2.26. The molecule has 2 atom stereocenters. The van der Waals surface area contributed by atoms with Crippen LogP contribution < -0.4 is 0 Å². The van der Waals surface area contributed by atoms with Crippen LogP contribution in [0.15, 0.2) is 0 Å². The van der Waals surface area contributed by atoms with Gasteiger partial charge in [-0.25, -0.2) is 0 Å². The van der Waals surface area contributed by atoms with Crippen LogP contribution >= 0.6 is 11.5 Å². The van der Waals surface area contributed by atoms with E-state index >= 15 is 0 Å². The zero-order valence-electron chi connectivity index (χ0n) is 12.1. The van der Waals surface area contributed by atoms with Crippen molar-refractivity contribution in [3.63, 3.8) is 0 Å². The number of carboxylic acid groups (broad SMARTS) is 1. The number of carboxylic acids is 1. The van der Waals surface area contributed by atoms with Crippen molar-refractivity contribution in [1.29, 1.82) is 0 Å². The number of hydrogen-bond donors (Lipinski definition) is 1. The second-order valence-electron chi connectivity index (χ2n) is 6.17. The fourth-order valence-corrected chi connectivity index (χ4v) is 3.34. The predicted octanol–water partition coefficient (Wildman–Crippen LogP) is 1.77. The molecule has 0 radical (unpaired) electrons. The summed E-state index contributed by atoms with van der Waals surface area (Å²) in [5.74, 6) is -1.48. The van der Waals surface area contributed by atoms with Crippen molar-refractivity contribution in [2.45, 2.75) is 45.6 Å².